The van der Waals surface area contributed by atoms with Crippen LogP contribution in [0, 0.1) is 6.92 Å². The fourth-order valence-electron chi connectivity index (χ4n) is 3.37. The van der Waals surface area contributed by atoms with Gasteiger partial charge in [-0.1, -0.05) is 24.3 Å². The molecule has 0 fully saturated rings. The summed E-state index contributed by atoms with van der Waals surface area (Å²) in [5, 5.41) is 12.3. The van der Waals surface area contributed by atoms with Crippen molar-refractivity contribution in [1.29, 1.82) is 0 Å². The predicted molar refractivity (Wildman–Crippen MR) is 126 cm³/mol. The van der Waals surface area contributed by atoms with E-state index in [0.29, 0.717) is 35.8 Å². The number of amides is 1. The second kappa shape index (κ2) is 9.90. The van der Waals surface area contributed by atoms with Crippen molar-refractivity contribution in [2.24, 2.45) is 0 Å². The molecular weight excluding hydrogens is 420 g/mol. The van der Waals surface area contributed by atoms with Crippen molar-refractivity contribution in [2.45, 2.75) is 52.5 Å². The molecule has 0 aliphatic carbocycles. The van der Waals surface area contributed by atoms with Crippen LogP contribution in [0.3, 0.4) is 0 Å². The maximum atomic E-state index is 12.9. The quantitative estimate of drug-likeness (QED) is 0.501. The molecule has 3 aromatic rings. The van der Waals surface area contributed by atoms with E-state index in [1.54, 1.807) is 25.1 Å². The van der Waals surface area contributed by atoms with Gasteiger partial charge >= 0.3 is 5.97 Å². The Labute approximate surface area is 193 Å². The molecule has 1 unspecified atom stereocenters. The van der Waals surface area contributed by atoms with E-state index in [2.05, 4.69) is 10.3 Å². The van der Waals surface area contributed by atoms with E-state index in [0.717, 1.165) is 17.0 Å². The van der Waals surface area contributed by atoms with E-state index in [1.807, 2.05) is 58.0 Å². The first-order valence-electron chi connectivity index (χ1n) is 10.9. The maximum absolute atomic E-state index is 12.9. The molecule has 2 aromatic carbocycles. The first-order valence-corrected chi connectivity index (χ1v) is 10.9. The lowest BCUT2D eigenvalue weighted by Gasteiger charge is -2.22. The van der Waals surface area contributed by atoms with Crippen LogP contribution in [0.5, 0.6) is 5.75 Å². The van der Waals surface area contributed by atoms with Gasteiger partial charge in [0.15, 0.2) is 0 Å². The SMILES string of the molecule is Cc1oc(-c2ccccc2)nc1CCOc1ccc(C(C)C(=O)O)c(C(=O)NC(C)(C)C)c1. The minimum atomic E-state index is -0.996. The van der Waals surface area contributed by atoms with Gasteiger partial charge in [0.25, 0.3) is 5.91 Å². The van der Waals surface area contributed by atoms with Gasteiger partial charge < -0.3 is 19.6 Å². The van der Waals surface area contributed by atoms with Gasteiger partial charge in [-0.05, 0) is 64.4 Å². The summed E-state index contributed by atoms with van der Waals surface area (Å²) in [7, 11) is 0. The zero-order chi connectivity index (χ0) is 24.2. The van der Waals surface area contributed by atoms with Crippen molar-refractivity contribution in [1.82, 2.24) is 10.3 Å². The van der Waals surface area contributed by atoms with E-state index >= 15 is 0 Å². The molecule has 7 nitrogen and oxygen atoms in total. The molecule has 174 valence electrons. The summed E-state index contributed by atoms with van der Waals surface area (Å²) in [6.45, 7) is 9.37. The van der Waals surface area contributed by atoms with Gasteiger partial charge in [-0.15, -0.1) is 0 Å². The number of ether oxygens (including phenoxy) is 1. The van der Waals surface area contributed by atoms with Gasteiger partial charge in [-0.3, -0.25) is 9.59 Å². The molecule has 0 saturated carbocycles. The molecular formula is C26H30N2O5. The number of nitrogens with zero attached hydrogens (tertiary/aromatic N) is 1. The highest BCUT2D eigenvalue weighted by molar-refractivity contribution is 5.98. The van der Waals surface area contributed by atoms with Gasteiger partial charge in [-0.25, -0.2) is 4.98 Å². The molecule has 0 saturated heterocycles. The number of nitrogens with one attached hydrogen (secondary N) is 1. The maximum Gasteiger partial charge on any atom is 0.310 e. The van der Waals surface area contributed by atoms with Crippen molar-refractivity contribution >= 4 is 11.9 Å². The van der Waals surface area contributed by atoms with Crippen molar-refractivity contribution in [3.63, 3.8) is 0 Å². The van der Waals surface area contributed by atoms with E-state index in [9.17, 15) is 14.7 Å². The zero-order valence-electron chi connectivity index (χ0n) is 19.6. The number of carboxylic acids is 1. The second-order valence-electron chi connectivity index (χ2n) is 9.00. The molecule has 2 N–H and O–H groups in total. The minimum Gasteiger partial charge on any atom is -0.493 e. The number of carboxylic acid groups (broad SMARTS) is 1. The number of hydrogen-bond donors (Lipinski definition) is 2. The van der Waals surface area contributed by atoms with Crippen LogP contribution in [-0.2, 0) is 11.2 Å². The van der Waals surface area contributed by atoms with Gasteiger partial charge in [0, 0.05) is 23.1 Å². The Bertz CT molecular complexity index is 1130. The van der Waals surface area contributed by atoms with Crippen LogP contribution in [0.1, 0.15) is 61.0 Å². The molecule has 0 spiro atoms. The first-order chi connectivity index (χ1) is 15.5. The standard InChI is InChI=1S/C26H30N2O5/c1-16(25(30)31)20-12-11-19(15-21(20)23(29)28-26(3,4)5)32-14-13-22-17(2)33-24(27-22)18-9-7-6-8-10-18/h6-12,15-16H,13-14H2,1-5H3,(H,28,29)(H,30,31). The fourth-order valence-corrected chi connectivity index (χ4v) is 3.37. The Hall–Kier alpha value is -3.61. The summed E-state index contributed by atoms with van der Waals surface area (Å²) >= 11 is 0. The Balaban J connectivity index is 1.75. The third-order valence-electron chi connectivity index (χ3n) is 5.12. The minimum absolute atomic E-state index is 0.293. The third-order valence-corrected chi connectivity index (χ3v) is 5.12. The summed E-state index contributed by atoms with van der Waals surface area (Å²) in [6.07, 6.45) is 0.527. The van der Waals surface area contributed by atoms with Crippen molar-refractivity contribution in [3.8, 4) is 17.2 Å². The summed E-state index contributed by atoms with van der Waals surface area (Å²) in [5.41, 5.74) is 1.98. The first kappa shape index (κ1) is 24.0. The number of aliphatic carboxylic acids is 1. The summed E-state index contributed by atoms with van der Waals surface area (Å²) in [4.78, 5) is 29.0. The lowest BCUT2D eigenvalue weighted by molar-refractivity contribution is -0.138. The second-order valence-corrected chi connectivity index (χ2v) is 9.00. The zero-order valence-corrected chi connectivity index (χ0v) is 19.6. The van der Waals surface area contributed by atoms with Crippen molar-refractivity contribution in [2.75, 3.05) is 6.61 Å². The molecule has 1 heterocycles. The third kappa shape index (κ3) is 6.22. The fraction of sp³-hybridized carbons (Fsp3) is 0.346. The molecule has 3 rings (SSSR count). The number of aryl methyl sites for hydroxylation is 1. The monoisotopic (exact) mass is 450 g/mol. The molecule has 0 aliphatic rings. The highest BCUT2D eigenvalue weighted by Crippen LogP contribution is 2.26. The van der Waals surface area contributed by atoms with Crippen LogP contribution < -0.4 is 10.1 Å². The molecule has 1 aromatic heterocycles. The van der Waals surface area contributed by atoms with Gasteiger partial charge in [0.1, 0.15) is 11.5 Å². The van der Waals surface area contributed by atoms with Crippen LogP contribution >= 0.6 is 0 Å². The van der Waals surface area contributed by atoms with Gasteiger partial charge in [0.2, 0.25) is 5.89 Å². The lowest BCUT2D eigenvalue weighted by Crippen LogP contribution is -2.41. The van der Waals surface area contributed by atoms with E-state index < -0.39 is 17.4 Å². The topological polar surface area (TPSA) is 102 Å². The molecule has 1 amide bonds. The Morgan fingerprint density at radius 2 is 1.85 bits per heavy atom. The highest BCUT2D eigenvalue weighted by atomic mass is 16.5. The predicted octanol–water partition coefficient (Wildman–Crippen LogP) is 4.99. The smallest absolute Gasteiger partial charge is 0.310 e. The number of carbonyl (C=O) groups excluding carboxylic acids is 1. The number of oxazole rings is 1. The largest absolute Gasteiger partial charge is 0.493 e. The Morgan fingerprint density at radius 3 is 2.48 bits per heavy atom. The molecule has 0 radical (unpaired) electrons. The normalized spacial score (nSPS) is 12.3. The summed E-state index contributed by atoms with van der Waals surface area (Å²) in [6, 6.07) is 14.6. The van der Waals surface area contributed by atoms with Gasteiger partial charge in [0.05, 0.1) is 18.2 Å². The van der Waals surface area contributed by atoms with E-state index in [-0.39, 0.29) is 5.91 Å². The molecule has 7 heteroatoms. The van der Waals surface area contributed by atoms with E-state index in [4.69, 9.17) is 9.15 Å². The molecule has 33 heavy (non-hydrogen) atoms. The van der Waals surface area contributed by atoms with Crippen LogP contribution in [0.25, 0.3) is 11.5 Å². The molecule has 0 bridgehead atoms. The number of aromatic nitrogens is 1. The molecule has 1 atom stereocenters. The number of carbonyl (C=O) groups is 2. The van der Waals surface area contributed by atoms with Gasteiger partial charge in [-0.2, -0.15) is 0 Å². The van der Waals surface area contributed by atoms with Crippen molar-refractivity contribution < 1.29 is 23.8 Å². The van der Waals surface area contributed by atoms with Crippen LogP contribution in [0.4, 0.5) is 0 Å². The van der Waals surface area contributed by atoms with Crippen LogP contribution in [0.15, 0.2) is 52.9 Å². The number of rotatable bonds is 8. The van der Waals surface area contributed by atoms with Crippen LogP contribution in [0.2, 0.25) is 0 Å². The number of benzene rings is 2. The van der Waals surface area contributed by atoms with Crippen LogP contribution in [-0.4, -0.2) is 34.1 Å². The lowest BCUT2D eigenvalue weighted by atomic mass is 9.94. The number of hydrogen-bond acceptors (Lipinski definition) is 5. The summed E-state index contributed by atoms with van der Waals surface area (Å²) in [5.74, 6) is -0.376. The molecule has 0 aliphatic heterocycles. The van der Waals surface area contributed by atoms with E-state index in [1.165, 1.54) is 0 Å². The average Bonchev–Trinajstić information content (AvgIpc) is 3.13. The van der Waals surface area contributed by atoms with Crippen molar-refractivity contribution in [3.05, 3.63) is 71.1 Å². The summed E-state index contributed by atoms with van der Waals surface area (Å²) < 4.78 is 11.7. The Morgan fingerprint density at radius 1 is 1.15 bits per heavy atom. The Kier molecular flexibility index (Phi) is 7.21. The average molecular weight is 451 g/mol. The highest BCUT2D eigenvalue weighted by Gasteiger charge is 2.24.